The van der Waals surface area contributed by atoms with Gasteiger partial charge < -0.3 is 9.47 Å². The number of hydrogen-bond acceptors (Lipinski definition) is 3. The van der Waals surface area contributed by atoms with Crippen molar-refractivity contribution in [1.29, 1.82) is 0 Å². The van der Waals surface area contributed by atoms with Gasteiger partial charge in [-0.2, -0.15) is 0 Å². The minimum Gasteiger partial charge on any atom is -0.433 e. The average Bonchev–Trinajstić information content (AvgIpc) is 2.42. The first-order chi connectivity index (χ1) is 7.08. The highest BCUT2D eigenvalue weighted by molar-refractivity contribution is 5.80. The van der Waals surface area contributed by atoms with E-state index < -0.39 is 11.9 Å². The molecule has 0 amide bonds. The Morgan fingerprint density at radius 1 is 1.27 bits per heavy atom. The SMILES string of the molecule is CC1(C)OC(Cc2ccccc2)OC1=O. The van der Waals surface area contributed by atoms with E-state index in [1.54, 1.807) is 13.8 Å². The number of hydrogen-bond donors (Lipinski definition) is 0. The predicted molar refractivity (Wildman–Crippen MR) is 55.2 cm³/mol. The molecule has 1 unspecified atom stereocenters. The molecule has 1 aromatic rings. The molecule has 0 spiro atoms. The number of benzene rings is 1. The van der Waals surface area contributed by atoms with Gasteiger partial charge in [-0.1, -0.05) is 30.3 Å². The molecule has 1 atom stereocenters. The van der Waals surface area contributed by atoms with Crippen LogP contribution in [0, 0.1) is 0 Å². The lowest BCUT2D eigenvalue weighted by atomic mass is 10.1. The Morgan fingerprint density at radius 2 is 1.93 bits per heavy atom. The predicted octanol–water partition coefficient (Wildman–Crippen LogP) is 1.91. The molecule has 2 rings (SSSR count). The van der Waals surface area contributed by atoms with Gasteiger partial charge >= 0.3 is 5.97 Å². The third kappa shape index (κ3) is 2.18. The lowest BCUT2D eigenvalue weighted by Crippen LogP contribution is -2.27. The van der Waals surface area contributed by atoms with Gasteiger partial charge in [-0.3, -0.25) is 0 Å². The van der Waals surface area contributed by atoms with Gasteiger partial charge in [0.25, 0.3) is 0 Å². The number of carbonyl (C=O) groups is 1. The number of cyclic esters (lactones) is 1. The Hall–Kier alpha value is -1.35. The van der Waals surface area contributed by atoms with Crippen LogP contribution in [0.3, 0.4) is 0 Å². The van der Waals surface area contributed by atoms with Crippen molar-refractivity contribution >= 4 is 5.97 Å². The molecule has 1 aliphatic heterocycles. The molecule has 0 aliphatic carbocycles. The Labute approximate surface area is 89.0 Å². The molecule has 1 heterocycles. The van der Waals surface area contributed by atoms with Crippen molar-refractivity contribution in [3.63, 3.8) is 0 Å². The third-order valence-electron chi connectivity index (χ3n) is 2.40. The molecule has 1 aromatic carbocycles. The highest BCUT2D eigenvalue weighted by Crippen LogP contribution is 2.25. The van der Waals surface area contributed by atoms with Crippen molar-refractivity contribution < 1.29 is 14.3 Å². The fraction of sp³-hybridized carbons (Fsp3) is 0.417. The molecule has 1 saturated heterocycles. The molecular weight excluding hydrogens is 192 g/mol. The molecule has 80 valence electrons. The molecular formula is C12H14O3. The Morgan fingerprint density at radius 3 is 2.47 bits per heavy atom. The molecule has 0 radical (unpaired) electrons. The summed E-state index contributed by atoms with van der Waals surface area (Å²) in [6, 6.07) is 9.84. The van der Waals surface area contributed by atoms with Crippen LogP contribution in [0.25, 0.3) is 0 Å². The molecule has 1 fully saturated rings. The van der Waals surface area contributed by atoms with Crippen LogP contribution >= 0.6 is 0 Å². The van der Waals surface area contributed by atoms with E-state index in [2.05, 4.69) is 0 Å². The summed E-state index contributed by atoms with van der Waals surface area (Å²) in [4.78, 5) is 11.3. The van der Waals surface area contributed by atoms with Gasteiger partial charge in [0, 0.05) is 6.42 Å². The second-order valence-electron chi connectivity index (χ2n) is 4.15. The van der Waals surface area contributed by atoms with Gasteiger partial charge in [0.05, 0.1) is 0 Å². The summed E-state index contributed by atoms with van der Waals surface area (Å²) >= 11 is 0. The van der Waals surface area contributed by atoms with Crippen molar-refractivity contribution in [3.8, 4) is 0 Å². The van der Waals surface area contributed by atoms with Crippen molar-refractivity contribution in [1.82, 2.24) is 0 Å². The molecule has 3 nitrogen and oxygen atoms in total. The summed E-state index contributed by atoms with van der Waals surface area (Å²) in [5, 5.41) is 0. The summed E-state index contributed by atoms with van der Waals surface area (Å²) < 4.78 is 10.6. The first kappa shape index (κ1) is 10.2. The topological polar surface area (TPSA) is 35.5 Å². The first-order valence-corrected chi connectivity index (χ1v) is 5.01. The zero-order valence-corrected chi connectivity index (χ0v) is 8.90. The second-order valence-corrected chi connectivity index (χ2v) is 4.15. The summed E-state index contributed by atoms with van der Waals surface area (Å²) in [6.45, 7) is 3.45. The third-order valence-corrected chi connectivity index (χ3v) is 2.40. The zero-order chi connectivity index (χ0) is 10.9. The molecule has 15 heavy (non-hydrogen) atoms. The minimum absolute atomic E-state index is 0.288. The molecule has 0 N–H and O–H groups in total. The molecule has 1 aliphatic rings. The van der Waals surface area contributed by atoms with Crippen LogP contribution < -0.4 is 0 Å². The highest BCUT2D eigenvalue weighted by Gasteiger charge is 2.42. The Bertz CT molecular complexity index is 356. The average molecular weight is 206 g/mol. The van der Waals surface area contributed by atoms with Gasteiger partial charge in [-0.15, -0.1) is 0 Å². The van der Waals surface area contributed by atoms with Crippen LogP contribution in [0.4, 0.5) is 0 Å². The van der Waals surface area contributed by atoms with Crippen LogP contribution in [-0.4, -0.2) is 17.9 Å². The highest BCUT2D eigenvalue weighted by atomic mass is 16.8. The number of carbonyl (C=O) groups excluding carboxylic acids is 1. The van der Waals surface area contributed by atoms with Gasteiger partial charge in [-0.05, 0) is 19.4 Å². The second kappa shape index (κ2) is 3.66. The van der Waals surface area contributed by atoms with E-state index in [1.807, 2.05) is 30.3 Å². The summed E-state index contributed by atoms with van der Waals surface area (Å²) in [7, 11) is 0. The summed E-state index contributed by atoms with van der Waals surface area (Å²) in [5.74, 6) is -0.288. The monoisotopic (exact) mass is 206 g/mol. The summed E-state index contributed by atoms with van der Waals surface area (Å²) in [5.41, 5.74) is 0.299. The van der Waals surface area contributed by atoms with Crippen molar-refractivity contribution in [3.05, 3.63) is 35.9 Å². The minimum atomic E-state index is -0.806. The maximum atomic E-state index is 11.3. The van der Waals surface area contributed by atoms with E-state index in [1.165, 1.54) is 0 Å². The van der Waals surface area contributed by atoms with E-state index in [-0.39, 0.29) is 5.97 Å². The maximum Gasteiger partial charge on any atom is 0.340 e. The Balaban J connectivity index is 2.02. The van der Waals surface area contributed by atoms with Crippen LogP contribution in [-0.2, 0) is 20.7 Å². The van der Waals surface area contributed by atoms with Crippen molar-refractivity contribution in [2.75, 3.05) is 0 Å². The van der Waals surface area contributed by atoms with Crippen LogP contribution in [0.5, 0.6) is 0 Å². The van der Waals surface area contributed by atoms with Crippen LogP contribution in [0.1, 0.15) is 19.4 Å². The fourth-order valence-electron chi connectivity index (χ4n) is 1.55. The van der Waals surface area contributed by atoms with Crippen molar-refractivity contribution in [2.24, 2.45) is 0 Å². The number of esters is 1. The fourth-order valence-corrected chi connectivity index (χ4v) is 1.55. The van der Waals surface area contributed by atoms with Gasteiger partial charge in [0.1, 0.15) is 0 Å². The molecule has 0 saturated carbocycles. The van der Waals surface area contributed by atoms with E-state index in [4.69, 9.17) is 9.47 Å². The Kier molecular flexibility index (Phi) is 2.49. The van der Waals surface area contributed by atoms with Gasteiger partial charge in [0.2, 0.25) is 6.29 Å². The zero-order valence-electron chi connectivity index (χ0n) is 8.90. The van der Waals surface area contributed by atoms with Crippen LogP contribution in [0.2, 0.25) is 0 Å². The smallest absolute Gasteiger partial charge is 0.340 e. The largest absolute Gasteiger partial charge is 0.433 e. The van der Waals surface area contributed by atoms with E-state index in [9.17, 15) is 4.79 Å². The standard InChI is InChI=1S/C12H14O3/c1-12(2)11(13)14-10(15-12)8-9-6-4-3-5-7-9/h3-7,10H,8H2,1-2H3. The van der Waals surface area contributed by atoms with Gasteiger partial charge in [-0.25, -0.2) is 4.79 Å². The number of ether oxygens (including phenoxy) is 2. The normalized spacial score (nSPS) is 23.9. The maximum absolute atomic E-state index is 11.3. The van der Waals surface area contributed by atoms with E-state index in [0.29, 0.717) is 6.42 Å². The molecule has 0 aromatic heterocycles. The first-order valence-electron chi connectivity index (χ1n) is 5.01. The van der Waals surface area contributed by atoms with E-state index >= 15 is 0 Å². The number of rotatable bonds is 2. The lowest BCUT2D eigenvalue weighted by molar-refractivity contribution is -0.144. The van der Waals surface area contributed by atoms with Crippen molar-refractivity contribution in [2.45, 2.75) is 32.2 Å². The quantitative estimate of drug-likeness (QED) is 0.693. The lowest BCUT2D eigenvalue weighted by Gasteiger charge is -2.12. The molecule has 0 bridgehead atoms. The van der Waals surface area contributed by atoms with E-state index in [0.717, 1.165) is 5.56 Å². The molecule has 3 heteroatoms. The van der Waals surface area contributed by atoms with Gasteiger partial charge in [0.15, 0.2) is 5.60 Å². The van der Waals surface area contributed by atoms with Crippen LogP contribution in [0.15, 0.2) is 30.3 Å². The summed E-state index contributed by atoms with van der Waals surface area (Å²) in [6.07, 6.45) is 0.158.